The van der Waals surface area contributed by atoms with Crippen LogP contribution in [0.5, 0.6) is 0 Å². The highest BCUT2D eigenvalue weighted by Gasteiger charge is 2.36. The first-order valence-corrected chi connectivity index (χ1v) is 7.40. The Morgan fingerprint density at radius 1 is 0.800 bits per heavy atom. The van der Waals surface area contributed by atoms with Crippen molar-refractivity contribution in [2.75, 3.05) is 0 Å². The molecule has 0 amide bonds. The van der Waals surface area contributed by atoms with Gasteiger partial charge in [0.2, 0.25) is 0 Å². The van der Waals surface area contributed by atoms with Crippen molar-refractivity contribution >= 4 is 5.78 Å². The molecule has 1 saturated carbocycles. The second kappa shape index (κ2) is 5.62. The summed E-state index contributed by atoms with van der Waals surface area (Å²) in [4.78, 5) is 11.6. The Balaban J connectivity index is 1.94. The molecule has 1 aliphatic rings. The summed E-state index contributed by atoms with van der Waals surface area (Å²) in [5, 5.41) is 0. The molecule has 2 aromatic rings. The number of Topliss-reactive ketones (excluding diaryl/α,β-unsaturated/α-hetero) is 1. The fourth-order valence-corrected chi connectivity index (χ4v) is 3.35. The first kappa shape index (κ1) is 13.1. The monoisotopic (exact) mass is 264 g/mol. The van der Waals surface area contributed by atoms with E-state index in [4.69, 9.17) is 0 Å². The number of hydrogen-bond donors (Lipinski definition) is 0. The summed E-state index contributed by atoms with van der Waals surface area (Å²) in [6.45, 7) is 0. The van der Waals surface area contributed by atoms with Crippen molar-refractivity contribution in [3.05, 3.63) is 71.8 Å². The molecule has 0 heterocycles. The van der Waals surface area contributed by atoms with Crippen LogP contribution >= 0.6 is 0 Å². The Hall–Kier alpha value is -1.89. The summed E-state index contributed by atoms with van der Waals surface area (Å²) in [6.07, 6.45) is 4.43. The maximum Gasteiger partial charge on any atom is 0.132 e. The number of carbonyl (C=O) groups is 1. The lowest BCUT2D eigenvalue weighted by atomic mass is 9.66. The molecule has 0 radical (unpaired) electrons. The molecule has 0 N–H and O–H groups in total. The zero-order chi connectivity index (χ0) is 13.8. The molecule has 102 valence electrons. The van der Waals surface area contributed by atoms with Crippen molar-refractivity contribution in [2.45, 2.75) is 37.5 Å². The van der Waals surface area contributed by atoms with Crippen molar-refractivity contribution in [3.8, 4) is 0 Å². The zero-order valence-corrected chi connectivity index (χ0v) is 11.7. The summed E-state index contributed by atoms with van der Waals surface area (Å²) >= 11 is 0. The van der Waals surface area contributed by atoms with Gasteiger partial charge in [0.05, 0.1) is 0 Å². The Labute approximate surface area is 120 Å². The van der Waals surface area contributed by atoms with E-state index in [1.165, 1.54) is 11.1 Å². The Kier molecular flexibility index (Phi) is 3.68. The molecule has 1 aliphatic carbocycles. The van der Waals surface area contributed by atoms with Crippen molar-refractivity contribution in [2.24, 2.45) is 0 Å². The Bertz CT molecular complexity index is 561. The van der Waals surface area contributed by atoms with Crippen LogP contribution in [0.2, 0.25) is 0 Å². The van der Waals surface area contributed by atoms with E-state index >= 15 is 0 Å². The molecule has 0 aliphatic heterocycles. The summed E-state index contributed by atoms with van der Waals surface area (Å²) in [7, 11) is 0. The average molecular weight is 264 g/mol. The summed E-state index contributed by atoms with van der Waals surface area (Å²) < 4.78 is 0. The van der Waals surface area contributed by atoms with Gasteiger partial charge in [0, 0.05) is 18.3 Å². The van der Waals surface area contributed by atoms with Gasteiger partial charge in [-0.05, 0) is 30.4 Å². The van der Waals surface area contributed by atoms with E-state index in [-0.39, 0.29) is 5.41 Å². The largest absolute Gasteiger partial charge is 0.300 e. The lowest BCUT2D eigenvalue weighted by molar-refractivity contribution is -0.121. The van der Waals surface area contributed by atoms with Crippen LogP contribution in [0.15, 0.2) is 60.7 Å². The third-order valence-electron chi connectivity index (χ3n) is 4.54. The van der Waals surface area contributed by atoms with E-state index in [0.717, 1.165) is 32.1 Å². The maximum atomic E-state index is 11.6. The van der Waals surface area contributed by atoms with Gasteiger partial charge in [-0.25, -0.2) is 0 Å². The number of benzene rings is 2. The molecule has 1 nitrogen and oxygen atoms in total. The highest BCUT2D eigenvalue weighted by molar-refractivity contribution is 5.79. The zero-order valence-electron chi connectivity index (χ0n) is 11.7. The van der Waals surface area contributed by atoms with Gasteiger partial charge in [-0.15, -0.1) is 0 Å². The van der Waals surface area contributed by atoms with Gasteiger partial charge in [-0.1, -0.05) is 60.7 Å². The van der Waals surface area contributed by atoms with Crippen molar-refractivity contribution in [1.82, 2.24) is 0 Å². The average Bonchev–Trinajstić information content (AvgIpc) is 2.52. The Morgan fingerprint density at radius 3 is 1.95 bits per heavy atom. The third-order valence-corrected chi connectivity index (χ3v) is 4.54. The third kappa shape index (κ3) is 2.67. The molecule has 2 aromatic carbocycles. The summed E-state index contributed by atoms with van der Waals surface area (Å²) in [5.41, 5.74) is 2.89. The van der Waals surface area contributed by atoms with E-state index in [0.29, 0.717) is 5.78 Å². The molecular formula is C19H20O. The standard InChI is InChI=1S/C19H20O/c20-18-11-13-19(14-12-18,17-9-5-2-6-10-17)15-16-7-3-1-4-8-16/h1-10H,11-15H2. The van der Waals surface area contributed by atoms with Gasteiger partial charge in [-0.3, -0.25) is 4.79 Å². The van der Waals surface area contributed by atoms with Gasteiger partial charge in [0.1, 0.15) is 5.78 Å². The van der Waals surface area contributed by atoms with Crippen LogP contribution in [0.25, 0.3) is 0 Å². The van der Waals surface area contributed by atoms with Gasteiger partial charge in [0.25, 0.3) is 0 Å². The van der Waals surface area contributed by atoms with Crippen LogP contribution in [0.1, 0.15) is 36.8 Å². The molecule has 0 spiro atoms. The van der Waals surface area contributed by atoms with Gasteiger partial charge in [0.15, 0.2) is 0 Å². The summed E-state index contributed by atoms with van der Waals surface area (Å²) in [6, 6.07) is 21.4. The fraction of sp³-hybridized carbons (Fsp3) is 0.316. The second-order valence-electron chi connectivity index (χ2n) is 5.85. The predicted octanol–water partition coefficient (Wildman–Crippen LogP) is 4.31. The van der Waals surface area contributed by atoms with Crippen LogP contribution in [0.4, 0.5) is 0 Å². The lowest BCUT2D eigenvalue weighted by Gasteiger charge is -2.37. The van der Waals surface area contributed by atoms with Crippen LogP contribution in [-0.4, -0.2) is 5.78 Å². The van der Waals surface area contributed by atoms with E-state index in [9.17, 15) is 4.79 Å². The van der Waals surface area contributed by atoms with Crippen LogP contribution in [0, 0.1) is 0 Å². The number of hydrogen-bond acceptors (Lipinski definition) is 1. The quantitative estimate of drug-likeness (QED) is 0.807. The fourth-order valence-electron chi connectivity index (χ4n) is 3.35. The van der Waals surface area contributed by atoms with Gasteiger partial charge >= 0.3 is 0 Å². The first-order chi connectivity index (χ1) is 9.78. The molecular weight excluding hydrogens is 244 g/mol. The summed E-state index contributed by atoms with van der Waals surface area (Å²) in [5.74, 6) is 0.421. The van der Waals surface area contributed by atoms with E-state index in [1.807, 2.05) is 0 Å². The molecule has 1 fully saturated rings. The van der Waals surface area contributed by atoms with E-state index in [1.54, 1.807) is 0 Å². The second-order valence-corrected chi connectivity index (χ2v) is 5.85. The smallest absolute Gasteiger partial charge is 0.132 e. The molecule has 0 atom stereocenters. The topological polar surface area (TPSA) is 17.1 Å². The first-order valence-electron chi connectivity index (χ1n) is 7.40. The highest BCUT2D eigenvalue weighted by atomic mass is 16.1. The van der Waals surface area contributed by atoms with Crippen molar-refractivity contribution < 1.29 is 4.79 Å². The van der Waals surface area contributed by atoms with Gasteiger partial charge < -0.3 is 0 Å². The minimum atomic E-state index is 0.135. The molecule has 20 heavy (non-hydrogen) atoms. The van der Waals surface area contributed by atoms with Crippen LogP contribution in [-0.2, 0) is 16.6 Å². The van der Waals surface area contributed by atoms with E-state index < -0.39 is 0 Å². The maximum absolute atomic E-state index is 11.6. The minimum absolute atomic E-state index is 0.135. The lowest BCUT2D eigenvalue weighted by Crippen LogP contribution is -2.34. The highest BCUT2D eigenvalue weighted by Crippen LogP contribution is 2.41. The van der Waals surface area contributed by atoms with Crippen molar-refractivity contribution in [1.29, 1.82) is 0 Å². The minimum Gasteiger partial charge on any atom is -0.300 e. The SMILES string of the molecule is O=C1CCC(Cc2ccccc2)(c2ccccc2)CC1. The molecule has 0 bridgehead atoms. The van der Waals surface area contributed by atoms with E-state index in [2.05, 4.69) is 60.7 Å². The molecule has 3 rings (SSSR count). The molecule has 0 saturated heterocycles. The normalized spacial score (nSPS) is 17.9. The molecule has 1 heteroatoms. The molecule has 0 aromatic heterocycles. The van der Waals surface area contributed by atoms with Gasteiger partial charge in [-0.2, -0.15) is 0 Å². The van der Waals surface area contributed by atoms with Crippen LogP contribution in [0.3, 0.4) is 0 Å². The number of ketones is 1. The van der Waals surface area contributed by atoms with Crippen LogP contribution < -0.4 is 0 Å². The molecule has 0 unspecified atom stereocenters. The predicted molar refractivity (Wildman–Crippen MR) is 81.7 cm³/mol. The number of carbonyl (C=O) groups excluding carboxylic acids is 1. The van der Waals surface area contributed by atoms with Crippen molar-refractivity contribution in [3.63, 3.8) is 0 Å². The Morgan fingerprint density at radius 2 is 1.35 bits per heavy atom. The number of rotatable bonds is 3.